The van der Waals surface area contributed by atoms with Crippen LogP contribution in [0.15, 0.2) is 0 Å². The summed E-state index contributed by atoms with van der Waals surface area (Å²) in [6.45, 7) is 7.94. The molecule has 0 N–H and O–H groups in total. The van der Waals surface area contributed by atoms with Crippen LogP contribution in [0.25, 0.3) is 0 Å². The number of hydrogen-bond donors (Lipinski definition) is 0. The largest absolute Gasteiger partial charge is 0.0622 e. The second-order valence-electron chi connectivity index (χ2n) is 10.7. The Labute approximate surface area is 145 Å². The summed E-state index contributed by atoms with van der Waals surface area (Å²) in [6, 6.07) is 0. The van der Waals surface area contributed by atoms with Crippen LogP contribution in [0, 0.1) is 46.8 Å². The SMILES string of the molecule is CC1CC2CCCCC2C1C(C)(C)CC1CCC2CCCCC21. The van der Waals surface area contributed by atoms with Gasteiger partial charge in [0.1, 0.15) is 0 Å². The van der Waals surface area contributed by atoms with Gasteiger partial charge in [-0.3, -0.25) is 0 Å². The number of hydrogen-bond acceptors (Lipinski definition) is 0. The Morgan fingerprint density at radius 2 is 1.39 bits per heavy atom. The molecule has 7 unspecified atom stereocenters. The van der Waals surface area contributed by atoms with Gasteiger partial charge in [-0.05, 0) is 85.4 Å². The van der Waals surface area contributed by atoms with E-state index in [1.54, 1.807) is 51.4 Å². The van der Waals surface area contributed by atoms with E-state index in [0.29, 0.717) is 5.41 Å². The van der Waals surface area contributed by atoms with Crippen LogP contribution in [-0.4, -0.2) is 0 Å². The molecule has 0 aromatic heterocycles. The quantitative estimate of drug-likeness (QED) is 0.521. The van der Waals surface area contributed by atoms with Crippen molar-refractivity contribution in [3.8, 4) is 0 Å². The van der Waals surface area contributed by atoms with Crippen LogP contribution in [0.2, 0.25) is 0 Å². The Kier molecular flexibility index (Phi) is 4.57. The minimum atomic E-state index is 0.590. The lowest BCUT2D eigenvalue weighted by molar-refractivity contribution is 0.0582. The topological polar surface area (TPSA) is 0 Å². The van der Waals surface area contributed by atoms with E-state index < -0.39 is 0 Å². The van der Waals surface area contributed by atoms with Crippen LogP contribution < -0.4 is 0 Å². The molecular formula is C23H40. The molecule has 23 heavy (non-hydrogen) atoms. The smallest absolute Gasteiger partial charge is 0.0306 e. The Balaban J connectivity index is 1.46. The van der Waals surface area contributed by atoms with Gasteiger partial charge in [0, 0.05) is 0 Å². The predicted octanol–water partition coefficient (Wildman–Crippen LogP) is 7.08. The first-order valence-corrected chi connectivity index (χ1v) is 11.1. The van der Waals surface area contributed by atoms with Gasteiger partial charge in [-0.2, -0.15) is 0 Å². The normalized spacial score (nSPS) is 47.3. The van der Waals surface area contributed by atoms with E-state index in [1.165, 1.54) is 25.7 Å². The van der Waals surface area contributed by atoms with Crippen molar-refractivity contribution < 1.29 is 0 Å². The average Bonchev–Trinajstić information content (AvgIpc) is 3.07. The Hall–Kier alpha value is 0. The summed E-state index contributed by atoms with van der Waals surface area (Å²) in [5.74, 6) is 7.49. The molecule has 4 aliphatic carbocycles. The Morgan fingerprint density at radius 1 is 0.739 bits per heavy atom. The molecule has 0 bridgehead atoms. The molecule has 0 nitrogen and oxygen atoms in total. The molecule has 0 radical (unpaired) electrons. The number of rotatable bonds is 3. The molecule has 0 saturated heterocycles. The zero-order valence-corrected chi connectivity index (χ0v) is 16.0. The van der Waals surface area contributed by atoms with E-state index in [1.807, 2.05) is 0 Å². The molecule has 4 saturated carbocycles. The molecule has 0 heteroatoms. The zero-order valence-electron chi connectivity index (χ0n) is 16.0. The van der Waals surface area contributed by atoms with Crippen molar-refractivity contribution in [3.63, 3.8) is 0 Å². The first kappa shape index (κ1) is 16.5. The van der Waals surface area contributed by atoms with Crippen LogP contribution in [0.3, 0.4) is 0 Å². The summed E-state index contributed by atoms with van der Waals surface area (Å²) in [5.41, 5.74) is 0.590. The lowest BCUT2D eigenvalue weighted by Gasteiger charge is -2.43. The average molecular weight is 317 g/mol. The highest BCUT2D eigenvalue weighted by Crippen LogP contribution is 2.58. The van der Waals surface area contributed by atoms with Gasteiger partial charge in [0.2, 0.25) is 0 Å². The lowest BCUT2D eigenvalue weighted by atomic mass is 9.62. The highest BCUT2D eigenvalue weighted by atomic mass is 14.5. The Morgan fingerprint density at radius 3 is 2.17 bits per heavy atom. The standard InChI is InChI=1S/C23H40/c1-16-14-18-9-5-7-11-21(18)22(16)23(2,3)15-19-13-12-17-8-4-6-10-20(17)19/h16-22H,4-15H2,1-3H3. The Bertz CT molecular complexity index is 408. The predicted molar refractivity (Wildman–Crippen MR) is 99.3 cm³/mol. The van der Waals surface area contributed by atoms with Gasteiger partial charge >= 0.3 is 0 Å². The van der Waals surface area contributed by atoms with Crippen molar-refractivity contribution in [1.82, 2.24) is 0 Å². The van der Waals surface area contributed by atoms with E-state index in [4.69, 9.17) is 0 Å². The summed E-state index contributed by atoms with van der Waals surface area (Å²) in [5, 5.41) is 0. The third-order valence-corrected chi connectivity index (χ3v) is 8.89. The third-order valence-electron chi connectivity index (χ3n) is 8.89. The van der Waals surface area contributed by atoms with E-state index in [2.05, 4.69) is 20.8 Å². The second-order valence-corrected chi connectivity index (χ2v) is 10.7. The van der Waals surface area contributed by atoms with Crippen molar-refractivity contribution in [2.75, 3.05) is 0 Å². The van der Waals surface area contributed by atoms with E-state index in [-0.39, 0.29) is 0 Å². The van der Waals surface area contributed by atoms with E-state index >= 15 is 0 Å². The fourth-order valence-corrected chi connectivity index (χ4v) is 8.32. The molecule has 4 rings (SSSR count). The maximum Gasteiger partial charge on any atom is -0.0306 e. The molecule has 132 valence electrons. The van der Waals surface area contributed by atoms with Gasteiger partial charge in [0.15, 0.2) is 0 Å². The second kappa shape index (κ2) is 6.38. The molecule has 0 heterocycles. The van der Waals surface area contributed by atoms with Crippen LogP contribution >= 0.6 is 0 Å². The first-order valence-electron chi connectivity index (χ1n) is 11.1. The fraction of sp³-hybridized carbons (Fsp3) is 1.00. The molecular weight excluding hydrogens is 276 g/mol. The van der Waals surface area contributed by atoms with Crippen LogP contribution in [0.4, 0.5) is 0 Å². The molecule has 0 amide bonds. The van der Waals surface area contributed by atoms with Gasteiger partial charge < -0.3 is 0 Å². The molecule has 0 spiro atoms. The molecule has 4 fully saturated rings. The lowest BCUT2D eigenvalue weighted by Crippen LogP contribution is -2.36. The van der Waals surface area contributed by atoms with Gasteiger partial charge in [-0.25, -0.2) is 0 Å². The first-order chi connectivity index (χ1) is 11.1. The van der Waals surface area contributed by atoms with Gasteiger partial charge in [0.05, 0.1) is 0 Å². The maximum absolute atomic E-state index is 2.67. The summed E-state index contributed by atoms with van der Waals surface area (Å²) in [4.78, 5) is 0. The molecule has 0 aromatic rings. The maximum atomic E-state index is 2.67. The molecule has 0 aromatic carbocycles. The molecule has 7 atom stereocenters. The zero-order chi connectivity index (χ0) is 16.0. The van der Waals surface area contributed by atoms with E-state index in [0.717, 1.165) is 41.4 Å². The van der Waals surface area contributed by atoms with Crippen molar-refractivity contribution >= 4 is 0 Å². The molecule has 4 aliphatic rings. The highest BCUT2D eigenvalue weighted by Gasteiger charge is 2.50. The van der Waals surface area contributed by atoms with Crippen molar-refractivity contribution in [2.24, 2.45) is 46.8 Å². The summed E-state index contributed by atoms with van der Waals surface area (Å²) in [6.07, 6.45) is 18.6. The monoisotopic (exact) mass is 316 g/mol. The van der Waals surface area contributed by atoms with Crippen LogP contribution in [-0.2, 0) is 0 Å². The van der Waals surface area contributed by atoms with Crippen LogP contribution in [0.1, 0.15) is 97.8 Å². The van der Waals surface area contributed by atoms with Gasteiger partial charge in [-0.15, -0.1) is 0 Å². The van der Waals surface area contributed by atoms with Crippen molar-refractivity contribution in [3.05, 3.63) is 0 Å². The summed E-state index contributed by atoms with van der Waals surface area (Å²) in [7, 11) is 0. The van der Waals surface area contributed by atoms with Gasteiger partial charge in [0.25, 0.3) is 0 Å². The molecule has 0 aliphatic heterocycles. The van der Waals surface area contributed by atoms with Crippen LogP contribution in [0.5, 0.6) is 0 Å². The minimum Gasteiger partial charge on any atom is -0.0622 e. The fourth-order valence-electron chi connectivity index (χ4n) is 8.32. The number of fused-ring (bicyclic) bond motifs is 2. The van der Waals surface area contributed by atoms with Crippen molar-refractivity contribution in [1.29, 1.82) is 0 Å². The van der Waals surface area contributed by atoms with E-state index in [9.17, 15) is 0 Å². The van der Waals surface area contributed by atoms with Crippen molar-refractivity contribution in [2.45, 2.75) is 97.8 Å². The minimum absolute atomic E-state index is 0.590. The summed E-state index contributed by atoms with van der Waals surface area (Å²) >= 11 is 0. The highest BCUT2D eigenvalue weighted by molar-refractivity contribution is 4.99. The third kappa shape index (κ3) is 3.02. The van der Waals surface area contributed by atoms with Gasteiger partial charge in [-0.1, -0.05) is 59.3 Å². The summed E-state index contributed by atoms with van der Waals surface area (Å²) < 4.78 is 0.